The highest BCUT2D eigenvalue weighted by Gasteiger charge is 2.42. The van der Waals surface area contributed by atoms with E-state index in [0.717, 1.165) is 18.9 Å². The van der Waals surface area contributed by atoms with Crippen LogP contribution in [0, 0.1) is 17.1 Å². The van der Waals surface area contributed by atoms with Crippen molar-refractivity contribution < 1.29 is 9.50 Å². The lowest BCUT2D eigenvalue weighted by atomic mass is 10.0. The fourth-order valence-corrected chi connectivity index (χ4v) is 1.45. The number of phenolic OH excluding ortho intramolecular Hbond substituents is 1. The molecule has 14 heavy (non-hydrogen) atoms. The molecule has 0 atom stereocenters. The third kappa shape index (κ3) is 1.22. The molecule has 4 heteroatoms. The van der Waals surface area contributed by atoms with Gasteiger partial charge in [0.1, 0.15) is 17.6 Å². The standard InChI is InChI=1S/C10H9FN2O/c11-8-4-9(14)7(3-6(8)5-12)10(13)1-2-10/h3-4,14H,1-2,13H2. The summed E-state index contributed by atoms with van der Waals surface area (Å²) in [7, 11) is 0. The Morgan fingerprint density at radius 2 is 2.14 bits per heavy atom. The number of hydrogen-bond acceptors (Lipinski definition) is 3. The summed E-state index contributed by atoms with van der Waals surface area (Å²) in [5.74, 6) is -0.875. The van der Waals surface area contributed by atoms with Crippen molar-refractivity contribution in [3.63, 3.8) is 0 Å². The zero-order chi connectivity index (χ0) is 10.3. The highest BCUT2D eigenvalue weighted by atomic mass is 19.1. The predicted molar refractivity (Wildman–Crippen MR) is 47.9 cm³/mol. The van der Waals surface area contributed by atoms with E-state index in [4.69, 9.17) is 11.0 Å². The lowest BCUT2D eigenvalue weighted by molar-refractivity contribution is 0.453. The Hall–Kier alpha value is -1.60. The molecule has 0 heterocycles. The normalized spacial score (nSPS) is 17.5. The molecule has 3 nitrogen and oxygen atoms in total. The predicted octanol–water partition coefficient (Wildman–Crippen LogP) is 1.35. The van der Waals surface area contributed by atoms with Crippen LogP contribution in [0.4, 0.5) is 4.39 Å². The number of hydrogen-bond donors (Lipinski definition) is 2. The molecule has 1 saturated carbocycles. The van der Waals surface area contributed by atoms with Crippen molar-refractivity contribution in [2.45, 2.75) is 18.4 Å². The van der Waals surface area contributed by atoms with E-state index in [0.29, 0.717) is 5.56 Å². The summed E-state index contributed by atoms with van der Waals surface area (Å²) in [6.45, 7) is 0. The molecular weight excluding hydrogens is 183 g/mol. The van der Waals surface area contributed by atoms with Crippen LogP contribution in [0.5, 0.6) is 5.75 Å². The van der Waals surface area contributed by atoms with Crippen LogP contribution in [-0.2, 0) is 5.54 Å². The monoisotopic (exact) mass is 192 g/mol. The van der Waals surface area contributed by atoms with Crippen LogP contribution < -0.4 is 5.73 Å². The van der Waals surface area contributed by atoms with Gasteiger partial charge in [0, 0.05) is 17.2 Å². The van der Waals surface area contributed by atoms with Crippen molar-refractivity contribution in [2.24, 2.45) is 5.73 Å². The molecule has 0 spiro atoms. The first kappa shape index (κ1) is 8.97. The van der Waals surface area contributed by atoms with Crippen molar-refractivity contribution in [2.75, 3.05) is 0 Å². The molecular formula is C10H9FN2O. The molecule has 2 rings (SSSR count). The van der Waals surface area contributed by atoms with Crippen LogP contribution in [-0.4, -0.2) is 5.11 Å². The van der Waals surface area contributed by atoms with E-state index in [1.807, 2.05) is 0 Å². The van der Waals surface area contributed by atoms with Gasteiger partial charge in [-0.15, -0.1) is 0 Å². The van der Waals surface area contributed by atoms with Crippen LogP contribution in [0.1, 0.15) is 24.0 Å². The van der Waals surface area contributed by atoms with E-state index < -0.39 is 11.4 Å². The smallest absolute Gasteiger partial charge is 0.144 e. The minimum absolute atomic E-state index is 0.0745. The van der Waals surface area contributed by atoms with E-state index in [2.05, 4.69) is 0 Å². The Balaban J connectivity index is 2.57. The summed E-state index contributed by atoms with van der Waals surface area (Å²) in [5, 5.41) is 18.1. The van der Waals surface area contributed by atoms with Gasteiger partial charge in [0.05, 0.1) is 5.56 Å². The van der Waals surface area contributed by atoms with Gasteiger partial charge in [-0.1, -0.05) is 0 Å². The second-order valence-electron chi connectivity index (χ2n) is 3.62. The van der Waals surface area contributed by atoms with Crippen molar-refractivity contribution in [1.29, 1.82) is 5.26 Å². The number of phenols is 1. The van der Waals surface area contributed by atoms with Crippen LogP contribution in [0.25, 0.3) is 0 Å². The summed E-state index contributed by atoms with van der Waals surface area (Å²) in [6, 6.07) is 4.00. The second-order valence-corrected chi connectivity index (χ2v) is 3.62. The Morgan fingerprint density at radius 3 is 2.64 bits per heavy atom. The van der Waals surface area contributed by atoms with Crippen molar-refractivity contribution >= 4 is 0 Å². The van der Waals surface area contributed by atoms with Crippen molar-refractivity contribution in [3.8, 4) is 11.8 Å². The zero-order valence-corrected chi connectivity index (χ0v) is 7.42. The topological polar surface area (TPSA) is 70.0 Å². The minimum Gasteiger partial charge on any atom is -0.507 e. The first-order chi connectivity index (χ1) is 6.57. The quantitative estimate of drug-likeness (QED) is 0.705. The fourth-order valence-electron chi connectivity index (χ4n) is 1.45. The van der Waals surface area contributed by atoms with Gasteiger partial charge in [0.15, 0.2) is 0 Å². The van der Waals surface area contributed by atoms with Crippen LogP contribution in [0.3, 0.4) is 0 Å². The maximum Gasteiger partial charge on any atom is 0.144 e. The number of rotatable bonds is 1. The highest BCUT2D eigenvalue weighted by molar-refractivity contribution is 5.47. The van der Waals surface area contributed by atoms with E-state index in [9.17, 15) is 9.50 Å². The Kier molecular flexibility index (Phi) is 1.73. The first-order valence-electron chi connectivity index (χ1n) is 4.29. The van der Waals surface area contributed by atoms with Crippen molar-refractivity contribution in [1.82, 2.24) is 0 Å². The maximum atomic E-state index is 13.0. The largest absolute Gasteiger partial charge is 0.507 e. The first-order valence-corrected chi connectivity index (χ1v) is 4.29. The van der Waals surface area contributed by atoms with Crippen LogP contribution in [0.15, 0.2) is 12.1 Å². The van der Waals surface area contributed by atoms with E-state index in [1.165, 1.54) is 6.07 Å². The lowest BCUT2D eigenvalue weighted by Gasteiger charge is -2.11. The molecule has 0 bridgehead atoms. The summed E-state index contributed by atoms with van der Waals surface area (Å²) in [4.78, 5) is 0. The lowest BCUT2D eigenvalue weighted by Crippen LogP contribution is -2.19. The molecule has 0 radical (unpaired) electrons. The van der Waals surface area contributed by atoms with Gasteiger partial charge in [0.25, 0.3) is 0 Å². The summed E-state index contributed by atoms with van der Waals surface area (Å²) in [6.07, 6.45) is 1.52. The SMILES string of the molecule is N#Cc1cc(C2(N)CC2)c(O)cc1F. The van der Waals surface area contributed by atoms with Gasteiger partial charge < -0.3 is 10.8 Å². The molecule has 1 aromatic rings. The zero-order valence-electron chi connectivity index (χ0n) is 7.42. The van der Waals surface area contributed by atoms with Crippen LogP contribution >= 0.6 is 0 Å². The Labute approximate surface area is 80.6 Å². The van der Waals surface area contributed by atoms with Gasteiger partial charge >= 0.3 is 0 Å². The molecule has 0 saturated heterocycles. The molecule has 1 aliphatic carbocycles. The van der Waals surface area contributed by atoms with E-state index in [-0.39, 0.29) is 11.3 Å². The number of benzene rings is 1. The summed E-state index contributed by atoms with van der Waals surface area (Å²) in [5.41, 5.74) is 5.69. The Morgan fingerprint density at radius 1 is 1.50 bits per heavy atom. The molecule has 72 valence electrons. The maximum absolute atomic E-state index is 13.0. The summed E-state index contributed by atoms with van der Waals surface area (Å²) < 4.78 is 13.0. The highest BCUT2D eigenvalue weighted by Crippen LogP contribution is 2.46. The molecule has 0 unspecified atom stereocenters. The molecule has 3 N–H and O–H groups in total. The number of nitrogens with two attached hydrogens (primary N) is 1. The fraction of sp³-hybridized carbons (Fsp3) is 0.300. The minimum atomic E-state index is -0.710. The summed E-state index contributed by atoms with van der Waals surface area (Å²) >= 11 is 0. The number of aromatic hydroxyl groups is 1. The van der Waals surface area contributed by atoms with E-state index >= 15 is 0 Å². The second kappa shape index (κ2) is 2.69. The molecule has 1 fully saturated rings. The van der Waals surface area contributed by atoms with Gasteiger partial charge in [0.2, 0.25) is 0 Å². The van der Waals surface area contributed by atoms with Gasteiger partial charge in [-0.2, -0.15) is 5.26 Å². The third-order valence-corrected chi connectivity index (χ3v) is 2.53. The number of halogens is 1. The van der Waals surface area contributed by atoms with Gasteiger partial charge in [-0.25, -0.2) is 4.39 Å². The molecule has 0 aromatic heterocycles. The number of nitriles is 1. The molecule has 1 aliphatic rings. The van der Waals surface area contributed by atoms with E-state index in [1.54, 1.807) is 6.07 Å². The van der Waals surface area contributed by atoms with Gasteiger partial charge in [-0.3, -0.25) is 0 Å². The molecule has 1 aromatic carbocycles. The average Bonchev–Trinajstić information content (AvgIpc) is 2.85. The molecule has 0 aliphatic heterocycles. The number of nitrogens with zero attached hydrogens (tertiary/aromatic N) is 1. The van der Waals surface area contributed by atoms with Gasteiger partial charge in [-0.05, 0) is 18.9 Å². The average molecular weight is 192 g/mol. The third-order valence-electron chi connectivity index (χ3n) is 2.53. The van der Waals surface area contributed by atoms with Crippen LogP contribution in [0.2, 0.25) is 0 Å². The molecule has 0 amide bonds. The Bertz CT molecular complexity index is 432. The van der Waals surface area contributed by atoms with Crippen molar-refractivity contribution in [3.05, 3.63) is 29.1 Å².